The summed E-state index contributed by atoms with van der Waals surface area (Å²) >= 11 is 0. The van der Waals surface area contributed by atoms with Gasteiger partial charge >= 0.3 is 0 Å². The Bertz CT molecular complexity index is 3080. The average Bonchev–Trinajstić information content (AvgIpc) is 3.42. The molecule has 0 saturated carbocycles. The molecule has 0 bridgehead atoms. The van der Waals surface area contributed by atoms with E-state index in [2.05, 4.69) is 206 Å². The van der Waals surface area contributed by atoms with Crippen LogP contribution in [0.3, 0.4) is 0 Å². The van der Waals surface area contributed by atoms with Gasteiger partial charge in [-0.25, -0.2) is 19.9 Å². The minimum absolute atomic E-state index is 0.705. The summed E-state index contributed by atoms with van der Waals surface area (Å²) in [7, 11) is 0. The maximum atomic E-state index is 5.20. The van der Waals surface area contributed by atoms with Crippen LogP contribution in [0.15, 0.2) is 255 Å². The Morgan fingerprint density at radius 2 is 0.455 bits per heavy atom. The van der Waals surface area contributed by atoms with Gasteiger partial charge in [0.25, 0.3) is 0 Å². The first-order valence-corrected chi connectivity index (χ1v) is 22.2. The van der Waals surface area contributed by atoms with Crippen molar-refractivity contribution >= 4 is 0 Å². The van der Waals surface area contributed by atoms with Crippen molar-refractivity contribution in [1.82, 2.24) is 19.9 Å². The van der Waals surface area contributed by atoms with Gasteiger partial charge in [0.1, 0.15) is 0 Å². The van der Waals surface area contributed by atoms with Crippen LogP contribution >= 0.6 is 0 Å². The van der Waals surface area contributed by atoms with Crippen LogP contribution in [-0.2, 0) is 0 Å². The van der Waals surface area contributed by atoms with Crippen molar-refractivity contribution in [2.75, 3.05) is 0 Å². The average molecular weight is 843 g/mol. The minimum Gasteiger partial charge on any atom is -0.248 e. The molecule has 11 rings (SSSR count). The molecule has 8 aromatic carbocycles. The van der Waals surface area contributed by atoms with E-state index in [1.165, 1.54) is 0 Å². The summed E-state index contributed by atoms with van der Waals surface area (Å²) < 4.78 is 0. The van der Waals surface area contributed by atoms with Crippen molar-refractivity contribution in [3.63, 3.8) is 0 Å². The Morgan fingerprint density at radius 3 is 0.894 bits per heavy atom. The summed E-state index contributed by atoms with van der Waals surface area (Å²) in [5, 5.41) is 0. The third-order valence-electron chi connectivity index (χ3n) is 11.9. The number of benzene rings is 8. The van der Waals surface area contributed by atoms with Crippen LogP contribution in [0.5, 0.6) is 0 Å². The molecule has 0 radical (unpaired) electrons. The summed E-state index contributed by atoms with van der Waals surface area (Å²) in [6.45, 7) is 0. The summed E-state index contributed by atoms with van der Waals surface area (Å²) in [4.78, 5) is 20.3. The highest BCUT2D eigenvalue weighted by molar-refractivity contribution is 5.81. The molecule has 0 spiro atoms. The molecule has 4 nitrogen and oxygen atoms in total. The summed E-state index contributed by atoms with van der Waals surface area (Å²) in [5.74, 6) is 0.705. The molecule has 0 saturated heterocycles. The fourth-order valence-electron chi connectivity index (χ4n) is 8.44. The Kier molecular flexibility index (Phi) is 10.9. The quantitative estimate of drug-likeness (QED) is 0.138. The summed E-state index contributed by atoms with van der Waals surface area (Å²) in [6, 6.07) is 88.7. The first-order chi connectivity index (χ1) is 32.7. The van der Waals surface area contributed by atoms with Gasteiger partial charge in [0.2, 0.25) is 0 Å². The second-order valence-electron chi connectivity index (χ2n) is 16.3. The third kappa shape index (κ3) is 8.59. The van der Waals surface area contributed by atoms with Gasteiger partial charge in [-0.05, 0) is 75.8 Å². The molecule has 0 aliphatic heterocycles. The molecule has 0 unspecified atom stereocenters. The number of hydrogen-bond donors (Lipinski definition) is 0. The number of rotatable bonds is 10. The molecule has 3 heterocycles. The van der Waals surface area contributed by atoms with E-state index in [4.69, 9.17) is 19.9 Å². The van der Waals surface area contributed by atoms with E-state index in [0.29, 0.717) is 5.82 Å². The van der Waals surface area contributed by atoms with Crippen molar-refractivity contribution in [3.05, 3.63) is 255 Å². The lowest BCUT2D eigenvalue weighted by molar-refractivity contribution is 1.18. The zero-order valence-electron chi connectivity index (χ0n) is 36.0. The fourth-order valence-corrected chi connectivity index (χ4v) is 8.44. The van der Waals surface area contributed by atoms with Gasteiger partial charge in [-0.2, -0.15) is 0 Å². The molecule has 0 fully saturated rings. The summed E-state index contributed by atoms with van der Waals surface area (Å²) in [5.41, 5.74) is 19.7. The largest absolute Gasteiger partial charge is 0.248 e. The van der Waals surface area contributed by atoms with Crippen molar-refractivity contribution in [1.29, 1.82) is 0 Å². The number of aromatic nitrogens is 4. The van der Waals surface area contributed by atoms with Gasteiger partial charge in [0.15, 0.2) is 5.82 Å². The van der Waals surface area contributed by atoms with Crippen molar-refractivity contribution in [3.8, 4) is 112 Å². The first kappa shape index (κ1) is 40.0. The fraction of sp³-hybridized carbons (Fsp3) is 0. The monoisotopic (exact) mass is 842 g/mol. The van der Waals surface area contributed by atoms with E-state index < -0.39 is 0 Å². The van der Waals surface area contributed by atoms with Gasteiger partial charge in [0.05, 0.1) is 34.2 Å². The SMILES string of the molecule is c1ccc(-c2cc(-c3ccc(-c4cccc(-c5cccc(-c6cccc(-c7ccc(-c8cc(-c9ccccc9)nc(-c9ccccc9)n8)cc7)c6)n5)c4)cc3)cc(-c3ccccc3)n2)cc1. The van der Waals surface area contributed by atoms with E-state index in [0.717, 1.165) is 106 Å². The highest BCUT2D eigenvalue weighted by atomic mass is 14.9. The topological polar surface area (TPSA) is 51.6 Å². The van der Waals surface area contributed by atoms with Gasteiger partial charge in [-0.15, -0.1) is 0 Å². The van der Waals surface area contributed by atoms with Crippen LogP contribution < -0.4 is 0 Å². The van der Waals surface area contributed by atoms with Crippen molar-refractivity contribution in [2.24, 2.45) is 0 Å². The highest BCUT2D eigenvalue weighted by Gasteiger charge is 2.13. The molecule has 0 aliphatic carbocycles. The molecule has 310 valence electrons. The van der Waals surface area contributed by atoms with Gasteiger partial charge in [-0.3, -0.25) is 0 Å². The van der Waals surface area contributed by atoms with Crippen LogP contribution in [0, 0.1) is 0 Å². The Hall–Kier alpha value is -8.86. The molecule has 66 heavy (non-hydrogen) atoms. The second-order valence-corrected chi connectivity index (χ2v) is 16.3. The molecule has 0 amide bonds. The van der Waals surface area contributed by atoms with E-state index >= 15 is 0 Å². The van der Waals surface area contributed by atoms with Gasteiger partial charge in [-0.1, -0.05) is 212 Å². The summed E-state index contributed by atoms with van der Waals surface area (Å²) in [6.07, 6.45) is 0. The molecule has 4 heteroatoms. The maximum Gasteiger partial charge on any atom is 0.160 e. The third-order valence-corrected chi connectivity index (χ3v) is 11.9. The lowest BCUT2D eigenvalue weighted by Crippen LogP contribution is -1.95. The Morgan fingerprint density at radius 1 is 0.152 bits per heavy atom. The normalized spacial score (nSPS) is 11.0. The van der Waals surface area contributed by atoms with Crippen LogP contribution in [0.25, 0.3) is 112 Å². The van der Waals surface area contributed by atoms with E-state index in [-0.39, 0.29) is 0 Å². The Balaban J connectivity index is 0.845. The van der Waals surface area contributed by atoms with Gasteiger partial charge in [0, 0.05) is 38.9 Å². The highest BCUT2D eigenvalue weighted by Crippen LogP contribution is 2.35. The van der Waals surface area contributed by atoms with E-state index in [1.54, 1.807) is 0 Å². The van der Waals surface area contributed by atoms with Crippen LogP contribution in [0.1, 0.15) is 0 Å². The Labute approximate surface area is 385 Å². The number of nitrogens with zero attached hydrogens (tertiary/aromatic N) is 4. The smallest absolute Gasteiger partial charge is 0.160 e. The number of hydrogen-bond acceptors (Lipinski definition) is 4. The second kappa shape index (κ2) is 18.1. The van der Waals surface area contributed by atoms with E-state index in [1.807, 2.05) is 48.5 Å². The predicted octanol–water partition coefficient (Wildman–Crippen LogP) is 15.9. The van der Waals surface area contributed by atoms with Gasteiger partial charge < -0.3 is 0 Å². The molecule has 0 aliphatic rings. The van der Waals surface area contributed by atoms with Crippen LogP contribution in [0.4, 0.5) is 0 Å². The molecule has 0 atom stereocenters. The first-order valence-electron chi connectivity index (χ1n) is 22.2. The lowest BCUT2D eigenvalue weighted by atomic mass is 9.96. The minimum atomic E-state index is 0.705. The number of pyridine rings is 2. The van der Waals surface area contributed by atoms with E-state index in [9.17, 15) is 0 Å². The predicted molar refractivity (Wildman–Crippen MR) is 272 cm³/mol. The van der Waals surface area contributed by atoms with Crippen LogP contribution in [0.2, 0.25) is 0 Å². The molecular weight excluding hydrogens is 801 g/mol. The zero-order chi connectivity index (χ0) is 44.1. The van der Waals surface area contributed by atoms with Crippen molar-refractivity contribution in [2.45, 2.75) is 0 Å². The van der Waals surface area contributed by atoms with Crippen LogP contribution in [-0.4, -0.2) is 19.9 Å². The van der Waals surface area contributed by atoms with Crippen molar-refractivity contribution < 1.29 is 0 Å². The lowest BCUT2D eigenvalue weighted by Gasteiger charge is -2.12. The molecule has 0 N–H and O–H groups in total. The zero-order valence-corrected chi connectivity index (χ0v) is 36.0. The standard InChI is InChI=1S/C62H42N4/c1-5-16-46(17-6-1)58-40-55(41-59(64-58)47-18-7-2-8-19-47)45-32-30-43(31-33-45)51-24-13-26-53(38-51)56-28-15-29-57(63-56)54-27-14-25-52(39-54)44-34-36-49(37-35-44)61-42-60(48-20-9-3-10-21-48)65-62(66-61)50-22-11-4-12-23-50/h1-42H. The molecule has 11 aromatic rings. The molecule has 3 aromatic heterocycles. The maximum absolute atomic E-state index is 5.20. The molecular formula is C62H42N4.